The summed E-state index contributed by atoms with van der Waals surface area (Å²) in [5.41, 5.74) is 0. The fourth-order valence-electron chi connectivity index (χ4n) is 0.946. The van der Waals surface area contributed by atoms with E-state index in [0.717, 1.165) is 0 Å². The molecular weight excluding hydrogens is 264 g/mol. The van der Waals surface area contributed by atoms with E-state index >= 15 is 0 Å². The van der Waals surface area contributed by atoms with Gasteiger partial charge in [0.15, 0.2) is 0 Å². The molecule has 0 aliphatic heterocycles. The van der Waals surface area contributed by atoms with Crippen LogP contribution in [0, 0.1) is 0 Å². The van der Waals surface area contributed by atoms with E-state index in [-0.39, 0.29) is 19.8 Å². The van der Waals surface area contributed by atoms with Gasteiger partial charge in [-0.2, -0.15) is 0 Å². The maximum absolute atomic E-state index is 8.50. The molecule has 0 aliphatic carbocycles. The van der Waals surface area contributed by atoms with Crippen molar-refractivity contribution < 1.29 is 38.1 Å². The molecule has 0 aromatic heterocycles. The van der Waals surface area contributed by atoms with Gasteiger partial charge in [-0.1, -0.05) is 0 Å². The second-order valence-electron chi connectivity index (χ2n) is 3.34. The van der Waals surface area contributed by atoms with Crippen LogP contribution in [-0.2, 0) is 18.6 Å². The number of aliphatic hydroxyl groups is 1. The number of ether oxygens (including phenoxy) is 3. The molecule has 0 spiro atoms. The van der Waals surface area contributed by atoms with Gasteiger partial charge in [0.1, 0.15) is 0 Å². The lowest BCUT2D eigenvalue weighted by molar-refractivity contribution is -0.00548. The van der Waals surface area contributed by atoms with Crippen LogP contribution in [0.5, 0.6) is 0 Å². The molecule has 0 fully saturated rings. The van der Waals surface area contributed by atoms with Crippen molar-refractivity contribution in [2.75, 3.05) is 52.9 Å². The van der Waals surface area contributed by atoms with Gasteiger partial charge < -0.3 is 38.1 Å². The molecule has 9 heteroatoms. The molecule has 0 aromatic carbocycles. The Kier molecular flexibility index (Phi) is 11.9. The summed E-state index contributed by atoms with van der Waals surface area (Å²) in [6.07, 6.45) is 0.620. The molecule has 0 aliphatic rings. The first-order valence-electron chi connectivity index (χ1n) is 5.71. The van der Waals surface area contributed by atoms with Crippen molar-refractivity contribution in [3.63, 3.8) is 0 Å². The summed E-state index contributed by atoms with van der Waals surface area (Å²) in [5.74, 6) is 0. The van der Waals surface area contributed by atoms with Crippen LogP contribution in [0.25, 0.3) is 0 Å². The fourth-order valence-corrected chi connectivity index (χ4v) is 1.30. The highest BCUT2D eigenvalue weighted by molar-refractivity contribution is 6.48. The minimum atomic E-state index is -4.40. The molecule has 8 nitrogen and oxygen atoms in total. The first kappa shape index (κ1) is 17.9. The van der Waals surface area contributed by atoms with Crippen molar-refractivity contribution in [2.45, 2.75) is 6.42 Å². The predicted molar refractivity (Wildman–Crippen MR) is 62.5 cm³/mol. The van der Waals surface area contributed by atoms with Crippen LogP contribution in [0.15, 0.2) is 0 Å². The van der Waals surface area contributed by atoms with Gasteiger partial charge in [0.2, 0.25) is 0 Å². The molecule has 0 unspecified atom stereocenters. The lowest BCUT2D eigenvalue weighted by atomic mass is 10.5. The maximum atomic E-state index is 8.50. The second-order valence-corrected chi connectivity index (χ2v) is 4.77. The van der Waals surface area contributed by atoms with E-state index in [2.05, 4.69) is 4.43 Å². The standard InChI is InChI=1S/C9H22O8Si/c10-2-1-3-14-4-5-15-6-7-16-8-9-17-18(11,12)13/h10-13H,1-9H2. The average Bonchev–Trinajstić information content (AvgIpc) is 2.29. The Morgan fingerprint density at radius 1 is 0.667 bits per heavy atom. The molecule has 4 N–H and O–H groups in total. The number of hydrogen-bond donors (Lipinski definition) is 4. The van der Waals surface area contributed by atoms with Crippen molar-refractivity contribution in [1.82, 2.24) is 0 Å². The van der Waals surface area contributed by atoms with Crippen LogP contribution in [-0.4, -0.2) is 81.4 Å². The number of rotatable bonds is 13. The van der Waals surface area contributed by atoms with Crippen LogP contribution in [0.3, 0.4) is 0 Å². The molecule has 0 rings (SSSR count). The quantitative estimate of drug-likeness (QED) is 0.223. The van der Waals surface area contributed by atoms with Gasteiger partial charge in [0, 0.05) is 13.2 Å². The summed E-state index contributed by atoms with van der Waals surface area (Å²) in [4.78, 5) is 25.5. The topological polar surface area (TPSA) is 118 Å². The molecule has 0 aromatic rings. The first-order chi connectivity index (χ1) is 8.56. The molecule has 0 saturated heterocycles. The third-order valence-corrected chi connectivity index (χ3v) is 2.31. The zero-order valence-electron chi connectivity index (χ0n) is 10.3. The van der Waals surface area contributed by atoms with E-state index in [1.165, 1.54) is 0 Å². The van der Waals surface area contributed by atoms with Gasteiger partial charge >= 0.3 is 9.05 Å². The Bertz CT molecular complexity index is 174. The highest BCUT2D eigenvalue weighted by atomic mass is 28.4. The molecule has 110 valence electrons. The summed E-state index contributed by atoms with van der Waals surface area (Å²) in [6, 6.07) is 0. The van der Waals surface area contributed by atoms with Crippen molar-refractivity contribution in [2.24, 2.45) is 0 Å². The van der Waals surface area contributed by atoms with Crippen molar-refractivity contribution in [1.29, 1.82) is 0 Å². The molecular formula is C9H22O8Si. The van der Waals surface area contributed by atoms with Gasteiger partial charge in [-0.15, -0.1) is 0 Å². The zero-order valence-corrected chi connectivity index (χ0v) is 11.3. The molecule has 0 saturated carbocycles. The van der Waals surface area contributed by atoms with E-state index in [1.807, 2.05) is 0 Å². The SMILES string of the molecule is OCCCOCCOCCOCCO[Si](O)(O)O. The summed E-state index contributed by atoms with van der Waals surface area (Å²) < 4.78 is 19.7. The van der Waals surface area contributed by atoms with E-state index in [1.54, 1.807) is 0 Å². The van der Waals surface area contributed by atoms with Gasteiger partial charge in [-0.25, -0.2) is 0 Å². The molecule has 0 bridgehead atoms. The Balaban J connectivity index is 2.99. The van der Waals surface area contributed by atoms with E-state index in [4.69, 9.17) is 33.7 Å². The third kappa shape index (κ3) is 15.9. The molecule has 0 amide bonds. The van der Waals surface area contributed by atoms with Crippen LogP contribution < -0.4 is 0 Å². The maximum Gasteiger partial charge on any atom is 0.671 e. The van der Waals surface area contributed by atoms with Crippen LogP contribution >= 0.6 is 0 Å². The third-order valence-electron chi connectivity index (χ3n) is 1.71. The normalized spacial score (nSPS) is 12.0. The number of hydrogen-bond acceptors (Lipinski definition) is 8. The highest BCUT2D eigenvalue weighted by Gasteiger charge is 2.29. The monoisotopic (exact) mass is 286 g/mol. The van der Waals surface area contributed by atoms with Gasteiger partial charge in [-0.05, 0) is 6.42 Å². The van der Waals surface area contributed by atoms with Crippen molar-refractivity contribution >= 4 is 9.05 Å². The van der Waals surface area contributed by atoms with Crippen LogP contribution in [0.4, 0.5) is 0 Å². The largest absolute Gasteiger partial charge is 0.671 e. The molecule has 0 heterocycles. The minimum absolute atomic E-state index is 0.0833. The van der Waals surface area contributed by atoms with E-state index in [0.29, 0.717) is 39.5 Å². The van der Waals surface area contributed by atoms with Crippen molar-refractivity contribution in [3.05, 3.63) is 0 Å². The summed E-state index contributed by atoms with van der Waals surface area (Å²) in [5, 5.41) is 8.48. The second kappa shape index (κ2) is 12.0. The molecule has 18 heavy (non-hydrogen) atoms. The molecule has 0 radical (unpaired) electrons. The lowest BCUT2D eigenvalue weighted by Crippen LogP contribution is -2.39. The predicted octanol–water partition coefficient (Wildman–Crippen LogP) is -2.15. The summed E-state index contributed by atoms with van der Waals surface area (Å²) >= 11 is 0. The highest BCUT2D eigenvalue weighted by Crippen LogP contribution is 1.89. The lowest BCUT2D eigenvalue weighted by Gasteiger charge is -2.10. The average molecular weight is 286 g/mol. The smallest absolute Gasteiger partial charge is 0.396 e. The minimum Gasteiger partial charge on any atom is -0.396 e. The van der Waals surface area contributed by atoms with Gasteiger partial charge in [0.25, 0.3) is 0 Å². The Hall–Kier alpha value is -0.103. The summed E-state index contributed by atoms with van der Waals surface area (Å²) in [7, 11) is -4.40. The Morgan fingerprint density at radius 2 is 1.11 bits per heavy atom. The fraction of sp³-hybridized carbons (Fsp3) is 1.00. The Morgan fingerprint density at radius 3 is 1.56 bits per heavy atom. The molecule has 0 atom stereocenters. The first-order valence-corrected chi connectivity index (χ1v) is 7.46. The van der Waals surface area contributed by atoms with E-state index in [9.17, 15) is 0 Å². The van der Waals surface area contributed by atoms with Crippen molar-refractivity contribution in [3.8, 4) is 0 Å². The zero-order chi connectivity index (χ0) is 13.7. The number of aliphatic hydroxyl groups excluding tert-OH is 1. The van der Waals surface area contributed by atoms with Gasteiger partial charge in [0.05, 0.1) is 39.6 Å². The van der Waals surface area contributed by atoms with Gasteiger partial charge in [-0.3, -0.25) is 0 Å². The van der Waals surface area contributed by atoms with Crippen LogP contribution in [0.2, 0.25) is 0 Å². The van der Waals surface area contributed by atoms with E-state index < -0.39 is 9.05 Å². The van der Waals surface area contributed by atoms with Crippen LogP contribution in [0.1, 0.15) is 6.42 Å². The summed E-state index contributed by atoms with van der Waals surface area (Å²) in [6.45, 7) is 2.36. The Labute approximate surface area is 107 Å².